The highest BCUT2D eigenvalue weighted by Gasteiger charge is 2.21. The number of nitrogens with one attached hydrogen (secondary N) is 1. The summed E-state index contributed by atoms with van der Waals surface area (Å²) in [5.74, 6) is -0.176. The van der Waals surface area contributed by atoms with Gasteiger partial charge in [-0.15, -0.1) is 0 Å². The number of rotatable bonds is 2. The summed E-state index contributed by atoms with van der Waals surface area (Å²) in [6.07, 6.45) is 2.32. The van der Waals surface area contributed by atoms with Gasteiger partial charge in [0, 0.05) is 10.5 Å². The fourth-order valence-corrected chi connectivity index (χ4v) is 1.42. The molecule has 1 saturated carbocycles. The van der Waals surface area contributed by atoms with E-state index >= 15 is 0 Å². The Balaban J connectivity index is 2.21. The average molecular weight is 230 g/mol. The van der Waals surface area contributed by atoms with Crippen LogP contribution in [0.1, 0.15) is 12.8 Å². The summed E-state index contributed by atoms with van der Waals surface area (Å²) in [4.78, 5) is 0. The van der Waals surface area contributed by atoms with E-state index in [2.05, 4.69) is 21.2 Å². The zero-order valence-electron chi connectivity index (χ0n) is 6.48. The minimum atomic E-state index is -0.176. The zero-order valence-corrected chi connectivity index (χ0v) is 8.07. The first-order chi connectivity index (χ1) is 5.75. The Hall–Kier alpha value is -0.570. The van der Waals surface area contributed by atoms with Crippen molar-refractivity contribution in [3.8, 4) is 0 Å². The van der Waals surface area contributed by atoms with Gasteiger partial charge >= 0.3 is 0 Å². The summed E-state index contributed by atoms with van der Waals surface area (Å²) >= 11 is 3.30. The largest absolute Gasteiger partial charge is 0.380 e. The first-order valence-electron chi connectivity index (χ1n) is 3.97. The molecule has 0 saturated heterocycles. The molecule has 0 aliphatic heterocycles. The molecular formula is C9H9BrFN. The molecule has 64 valence electrons. The van der Waals surface area contributed by atoms with Crippen LogP contribution in [0.5, 0.6) is 0 Å². The molecule has 0 unspecified atom stereocenters. The second-order valence-electron chi connectivity index (χ2n) is 3.04. The maximum atomic E-state index is 13.1. The highest BCUT2D eigenvalue weighted by molar-refractivity contribution is 9.10. The van der Waals surface area contributed by atoms with Gasteiger partial charge < -0.3 is 5.32 Å². The highest BCUT2D eigenvalue weighted by Crippen LogP contribution is 2.27. The highest BCUT2D eigenvalue weighted by atomic mass is 79.9. The Bertz CT molecular complexity index is 297. The second kappa shape index (κ2) is 3.05. The number of anilines is 1. The Morgan fingerprint density at radius 1 is 1.42 bits per heavy atom. The third-order valence-electron chi connectivity index (χ3n) is 1.87. The van der Waals surface area contributed by atoms with Crippen LogP contribution in [-0.2, 0) is 0 Å². The third-order valence-corrected chi connectivity index (χ3v) is 2.36. The maximum absolute atomic E-state index is 13.1. The van der Waals surface area contributed by atoms with Crippen molar-refractivity contribution in [2.75, 3.05) is 5.32 Å². The zero-order chi connectivity index (χ0) is 8.55. The van der Waals surface area contributed by atoms with Gasteiger partial charge in [0.15, 0.2) is 0 Å². The molecule has 0 aromatic heterocycles. The van der Waals surface area contributed by atoms with Crippen LogP contribution in [0.3, 0.4) is 0 Å². The van der Waals surface area contributed by atoms with Crippen molar-refractivity contribution < 1.29 is 4.39 Å². The summed E-state index contributed by atoms with van der Waals surface area (Å²) < 4.78 is 14.0. The molecule has 1 aliphatic carbocycles. The van der Waals surface area contributed by atoms with Gasteiger partial charge in [-0.3, -0.25) is 0 Å². The van der Waals surface area contributed by atoms with E-state index in [9.17, 15) is 4.39 Å². The van der Waals surface area contributed by atoms with Crippen LogP contribution >= 0.6 is 15.9 Å². The van der Waals surface area contributed by atoms with Gasteiger partial charge in [-0.25, -0.2) is 4.39 Å². The normalized spacial score (nSPS) is 16.2. The van der Waals surface area contributed by atoms with E-state index in [0.29, 0.717) is 11.7 Å². The van der Waals surface area contributed by atoms with E-state index in [1.54, 1.807) is 12.1 Å². The van der Waals surface area contributed by atoms with Crippen LogP contribution in [0.25, 0.3) is 0 Å². The Kier molecular flexibility index (Phi) is 2.05. The lowest BCUT2D eigenvalue weighted by Crippen LogP contribution is -2.02. The van der Waals surface area contributed by atoms with Crippen LogP contribution in [0.15, 0.2) is 22.7 Å². The standard InChI is InChI=1S/C9H9BrFN/c10-6-1-4-8(11)9(5-6)12-7-2-3-7/h1,4-5,7,12H,2-3H2. The lowest BCUT2D eigenvalue weighted by molar-refractivity contribution is 0.629. The summed E-state index contributed by atoms with van der Waals surface area (Å²) in [5, 5.41) is 3.12. The molecular weight excluding hydrogens is 221 g/mol. The molecule has 1 fully saturated rings. The molecule has 0 radical (unpaired) electrons. The minimum absolute atomic E-state index is 0.176. The maximum Gasteiger partial charge on any atom is 0.146 e. The van der Waals surface area contributed by atoms with Gasteiger partial charge in [-0.05, 0) is 31.0 Å². The van der Waals surface area contributed by atoms with E-state index in [1.165, 1.54) is 6.07 Å². The topological polar surface area (TPSA) is 12.0 Å². The van der Waals surface area contributed by atoms with E-state index in [0.717, 1.165) is 17.3 Å². The lowest BCUT2D eigenvalue weighted by Gasteiger charge is -2.05. The van der Waals surface area contributed by atoms with Crippen LogP contribution < -0.4 is 5.32 Å². The molecule has 1 nitrogen and oxygen atoms in total. The average Bonchev–Trinajstić information content (AvgIpc) is 2.81. The minimum Gasteiger partial charge on any atom is -0.380 e. The monoisotopic (exact) mass is 229 g/mol. The van der Waals surface area contributed by atoms with E-state index in [4.69, 9.17) is 0 Å². The molecule has 0 atom stereocenters. The van der Waals surface area contributed by atoms with Crippen molar-refractivity contribution in [1.82, 2.24) is 0 Å². The fraction of sp³-hybridized carbons (Fsp3) is 0.333. The van der Waals surface area contributed by atoms with Crippen molar-refractivity contribution in [1.29, 1.82) is 0 Å². The number of halogens is 2. The van der Waals surface area contributed by atoms with E-state index < -0.39 is 0 Å². The van der Waals surface area contributed by atoms with Gasteiger partial charge in [0.25, 0.3) is 0 Å². The Labute approximate surface area is 79.1 Å². The van der Waals surface area contributed by atoms with Gasteiger partial charge in [0.2, 0.25) is 0 Å². The van der Waals surface area contributed by atoms with Crippen molar-refractivity contribution in [3.63, 3.8) is 0 Å². The van der Waals surface area contributed by atoms with Crippen LogP contribution in [0.2, 0.25) is 0 Å². The van der Waals surface area contributed by atoms with E-state index in [1.807, 2.05) is 0 Å². The predicted octanol–water partition coefficient (Wildman–Crippen LogP) is 3.16. The number of hydrogen-bond donors (Lipinski definition) is 1. The molecule has 1 aliphatic rings. The lowest BCUT2D eigenvalue weighted by atomic mass is 10.3. The van der Waals surface area contributed by atoms with Gasteiger partial charge in [0.05, 0.1) is 5.69 Å². The van der Waals surface area contributed by atoms with Crippen molar-refractivity contribution >= 4 is 21.6 Å². The van der Waals surface area contributed by atoms with E-state index in [-0.39, 0.29) is 5.82 Å². The smallest absolute Gasteiger partial charge is 0.146 e. The molecule has 0 spiro atoms. The predicted molar refractivity (Wildman–Crippen MR) is 50.7 cm³/mol. The van der Waals surface area contributed by atoms with Crippen molar-refractivity contribution in [2.24, 2.45) is 0 Å². The van der Waals surface area contributed by atoms with Crippen molar-refractivity contribution in [2.45, 2.75) is 18.9 Å². The SMILES string of the molecule is Fc1ccc(Br)cc1NC1CC1. The van der Waals surface area contributed by atoms with Crippen LogP contribution in [0.4, 0.5) is 10.1 Å². The van der Waals surface area contributed by atoms with Gasteiger partial charge in [-0.1, -0.05) is 15.9 Å². The quantitative estimate of drug-likeness (QED) is 0.822. The van der Waals surface area contributed by atoms with Crippen molar-refractivity contribution in [3.05, 3.63) is 28.5 Å². The first kappa shape index (κ1) is 8.05. The van der Waals surface area contributed by atoms with Crippen LogP contribution in [0, 0.1) is 5.82 Å². The summed E-state index contributed by atoms with van der Waals surface area (Å²) in [6, 6.07) is 5.43. The summed E-state index contributed by atoms with van der Waals surface area (Å²) in [7, 11) is 0. The molecule has 1 aromatic rings. The van der Waals surface area contributed by atoms with Crippen LogP contribution in [-0.4, -0.2) is 6.04 Å². The molecule has 1 N–H and O–H groups in total. The Morgan fingerprint density at radius 3 is 2.83 bits per heavy atom. The van der Waals surface area contributed by atoms with Gasteiger partial charge in [0.1, 0.15) is 5.82 Å². The molecule has 2 rings (SSSR count). The number of benzene rings is 1. The summed E-state index contributed by atoms with van der Waals surface area (Å²) in [6.45, 7) is 0. The molecule has 0 heterocycles. The molecule has 0 bridgehead atoms. The fourth-order valence-electron chi connectivity index (χ4n) is 1.06. The second-order valence-corrected chi connectivity index (χ2v) is 3.96. The third kappa shape index (κ3) is 1.78. The number of hydrogen-bond acceptors (Lipinski definition) is 1. The Morgan fingerprint density at radius 2 is 2.17 bits per heavy atom. The summed E-state index contributed by atoms with van der Waals surface area (Å²) in [5.41, 5.74) is 0.604. The first-order valence-corrected chi connectivity index (χ1v) is 4.76. The molecule has 12 heavy (non-hydrogen) atoms. The molecule has 3 heteroatoms. The molecule has 1 aromatic carbocycles. The molecule has 0 amide bonds. The van der Waals surface area contributed by atoms with Gasteiger partial charge in [-0.2, -0.15) is 0 Å².